The monoisotopic (exact) mass is 267 g/mol. The zero-order chi connectivity index (χ0) is 14.3. The van der Waals surface area contributed by atoms with E-state index in [1.165, 1.54) is 6.07 Å². The highest BCUT2D eigenvalue weighted by Gasteiger charge is 2.23. The third kappa shape index (κ3) is 5.70. The number of rotatable bonds is 7. The Morgan fingerprint density at radius 2 is 1.95 bits per heavy atom. The van der Waals surface area contributed by atoms with Gasteiger partial charge in [0.2, 0.25) is 0 Å². The van der Waals surface area contributed by atoms with Gasteiger partial charge in [0, 0.05) is 11.6 Å². The number of benzene rings is 1. The number of ether oxygens (including phenoxy) is 1. The standard InChI is InChI=1S/C16H26FNO/c1-5-10-18-15(16(2,3)4)12-19-11-13-8-6-7-9-14(13)17/h6-9,15,18H,5,10-12H2,1-4H3. The van der Waals surface area contributed by atoms with Gasteiger partial charge in [-0.05, 0) is 24.4 Å². The number of nitrogens with one attached hydrogen (secondary N) is 1. The zero-order valence-electron chi connectivity index (χ0n) is 12.5. The molecule has 0 fully saturated rings. The summed E-state index contributed by atoms with van der Waals surface area (Å²) in [4.78, 5) is 0. The van der Waals surface area contributed by atoms with E-state index in [2.05, 4.69) is 33.0 Å². The molecule has 1 atom stereocenters. The highest BCUT2D eigenvalue weighted by molar-refractivity contribution is 5.16. The largest absolute Gasteiger partial charge is 0.375 e. The molecule has 1 aromatic carbocycles. The minimum atomic E-state index is -0.198. The van der Waals surface area contributed by atoms with Crippen LogP contribution in [0.2, 0.25) is 0 Å². The first-order valence-electron chi connectivity index (χ1n) is 6.99. The van der Waals surface area contributed by atoms with Crippen molar-refractivity contribution < 1.29 is 9.13 Å². The van der Waals surface area contributed by atoms with Crippen LogP contribution in [0.1, 0.15) is 39.7 Å². The van der Waals surface area contributed by atoms with E-state index in [1.807, 2.05) is 6.07 Å². The topological polar surface area (TPSA) is 21.3 Å². The Balaban J connectivity index is 2.46. The Hall–Kier alpha value is -0.930. The molecule has 19 heavy (non-hydrogen) atoms. The van der Waals surface area contributed by atoms with Crippen LogP contribution in [0.5, 0.6) is 0 Å². The molecule has 0 bridgehead atoms. The van der Waals surface area contributed by atoms with Crippen molar-refractivity contribution in [3.63, 3.8) is 0 Å². The van der Waals surface area contributed by atoms with Crippen molar-refractivity contribution in [3.8, 4) is 0 Å². The second-order valence-corrected chi connectivity index (χ2v) is 5.98. The molecule has 0 aliphatic carbocycles. The third-order valence-corrected chi connectivity index (χ3v) is 3.19. The Morgan fingerprint density at radius 1 is 1.26 bits per heavy atom. The van der Waals surface area contributed by atoms with Crippen molar-refractivity contribution in [2.45, 2.75) is 46.8 Å². The van der Waals surface area contributed by atoms with Gasteiger partial charge < -0.3 is 10.1 Å². The number of hydrogen-bond donors (Lipinski definition) is 1. The van der Waals surface area contributed by atoms with Crippen LogP contribution < -0.4 is 5.32 Å². The molecule has 2 nitrogen and oxygen atoms in total. The molecule has 108 valence electrons. The van der Waals surface area contributed by atoms with Gasteiger partial charge in [-0.15, -0.1) is 0 Å². The summed E-state index contributed by atoms with van der Waals surface area (Å²) >= 11 is 0. The van der Waals surface area contributed by atoms with Gasteiger partial charge in [0.05, 0.1) is 13.2 Å². The molecule has 0 heterocycles. The van der Waals surface area contributed by atoms with Crippen LogP contribution in [0.3, 0.4) is 0 Å². The second kappa shape index (κ2) is 7.61. The quantitative estimate of drug-likeness (QED) is 0.812. The smallest absolute Gasteiger partial charge is 0.128 e. The molecule has 0 radical (unpaired) electrons. The van der Waals surface area contributed by atoms with Gasteiger partial charge >= 0.3 is 0 Å². The Kier molecular flexibility index (Phi) is 6.46. The lowest BCUT2D eigenvalue weighted by molar-refractivity contribution is 0.0639. The van der Waals surface area contributed by atoms with Gasteiger partial charge in [-0.2, -0.15) is 0 Å². The first-order chi connectivity index (χ1) is 8.95. The molecule has 3 heteroatoms. The first-order valence-corrected chi connectivity index (χ1v) is 6.99. The Bertz CT molecular complexity index is 373. The van der Waals surface area contributed by atoms with E-state index in [0.29, 0.717) is 18.8 Å². The van der Waals surface area contributed by atoms with E-state index in [4.69, 9.17) is 4.74 Å². The maximum Gasteiger partial charge on any atom is 0.128 e. The molecular weight excluding hydrogens is 241 g/mol. The van der Waals surface area contributed by atoms with Crippen molar-refractivity contribution in [2.24, 2.45) is 5.41 Å². The van der Waals surface area contributed by atoms with E-state index in [-0.39, 0.29) is 17.3 Å². The molecule has 1 N–H and O–H groups in total. The molecule has 0 amide bonds. The third-order valence-electron chi connectivity index (χ3n) is 3.19. The van der Waals surface area contributed by atoms with Crippen LogP contribution in [-0.4, -0.2) is 19.2 Å². The molecular formula is C16H26FNO. The average molecular weight is 267 g/mol. The Morgan fingerprint density at radius 3 is 2.53 bits per heavy atom. The highest BCUT2D eigenvalue weighted by Crippen LogP contribution is 2.20. The van der Waals surface area contributed by atoms with Gasteiger partial charge in [0.15, 0.2) is 0 Å². The normalized spacial score (nSPS) is 13.5. The van der Waals surface area contributed by atoms with Gasteiger partial charge in [-0.25, -0.2) is 4.39 Å². The number of hydrogen-bond acceptors (Lipinski definition) is 2. The SMILES string of the molecule is CCCNC(COCc1ccccc1F)C(C)(C)C. The minimum Gasteiger partial charge on any atom is -0.375 e. The summed E-state index contributed by atoms with van der Waals surface area (Å²) in [6.45, 7) is 10.6. The van der Waals surface area contributed by atoms with Crippen LogP contribution in [0.25, 0.3) is 0 Å². The molecule has 0 aliphatic rings. The van der Waals surface area contributed by atoms with Crippen LogP contribution in [0.15, 0.2) is 24.3 Å². The highest BCUT2D eigenvalue weighted by atomic mass is 19.1. The van der Waals surface area contributed by atoms with Gasteiger partial charge in [0.25, 0.3) is 0 Å². The van der Waals surface area contributed by atoms with Crippen molar-refractivity contribution in [2.75, 3.05) is 13.2 Å². The van der Waals surface area contributed by atoms with E-state index in [0.717, 1.165) is 13.0 Å². The maximum absolute atomic E-state index is 13.5. The summed E-state index contributed by atoms with van der Waals surface area (Å²) in [5, 5.41) is 3.49. The summed E-state index contributed by atoms with van der Waals surface area (Å²) in [5.41, 5.74) is 0.746. The molecule has 1 aromatic rings. The average Bonchev–Trinajstić information content (AvgIpc) is 2.34. The van der Waals surface area contributed by atoms with E-state index >= 15 is 0 Å². The minimum absolute atomic E-state index is 0.129. The summed E-state index contributed by atoms with van der Waals surface area (Å²) in [7, 11) is 0. The number of halogens is 1. The lowest BCUT2D eigenvalue weighted by atomic mass is 9.87. The van der Waals surface area contributed by atoms with E-state index in [1.54, 1.807) is 12.1 Å². The molecule has 1 unspecified atom stereocenters. The van der Waals surface area contributed by atoms with Crippen molar-refractivity contribution >= 4 is 0 Å². The van der Waals surface area contributed by atoms with Gasteiger partial charge in [-0.3, -0.25) is 0 Å². The van der Waals surface area contributed by atoms with E-state index in [9.17, 15) is 4.39 Å². The predicted molar refractivity (Wildman–Crippen MR) is 77.6 cm³/mol. The summed E-state index contributed by atoms with van der Waals surface area (Å²) < 4.78 is 19.1. The molecule has 0 spiro atoms. The van der Waals surface area contributed by atoms with Gasteiger partial charge in [0.1, 0.15) is 5.82 Å². The molecule has 0 saturated carbocycles. The summed E-state index contributed by atoms with van der Waals surface area (Å²) in [6, 6.07) is 7.04. The molecule has 0 aliphatic heterocycles. The van der Waals surface area contributed by atoms with Crippen LogP contribution in [0, 0.1) is 11.2 Å². The van der Waals surface area contributed by atoms with Crippen molar-refractivity contribution in [3.05, 3.63) is 35.6 Å². The van der Waals surface area contributed by atoms with Crippen LogP contribution in [0.4, 0.5) is 4.39 Å². The Labute approximate surface area is 116 Å². The fourth-order valence-corrected chi connectivity index (χ4v) is 1.84. The summed E-state index contributed by atoms with van der Waals surface area (Å²) in [6.07, 6.45) is 1.10. The predicted octanol–water partition coefficient (Wildman–Crippen LogP) is 3.76. The molecule has 0 aromatic heterocycles. The van der Waals surface area contributed by atoms with Crippen LogP contribution in [-0.2, 0) is 11.3 Å². The maximum atomic E-state index is 13.5. The van der Waals surface area contributed by atoms with Gasteiger partial charge in [-0.1, -0.05) is 45.9 Å². The van der Waals surface area contributed by atoms with Crippen LogP contribution >= 0.6 is 0 Å². The lowest BCUT2D eigenvalue weighted by Gasteiger charge is -2.31. The van der Waals surface area contributed by atoms with Crippen molar-refractivity contribution in [1.29, 1.82) is 0 Å². The zero-order valence-corrected chi connectivity index (χ0v) is 12.5. The lowest BCUT2D eigenvalue weighted by Crippen LogP contribution is -2.44. The van der Waals surface area contributed by atoms with Crippen molar-refractivity contribution in [1.82, 2.24) is 5.32 Å². The molecule has 0 saturated heterocycles. The fourth-order valence-electron chi connectivity index (χ4n) is 1.84. The molecule has 1 rings (SSSR count). The van der Waals surface area contributed by atoms with E-state index < -0.39 is 0 Å². The first kappa shape index (κ1) is 16.1. The fraction of sp³-hybridized carbons (Fsp3) is 0.625. The summed E-state index contributed by atoms with van der Waals surface area (Å²) in [5.74, 6) is -0.198. The second-order valence-electron chi connectivity index (χ2n) is 5.98.